The lowest BCUT2D eigenvalue weighted by Gasteiger charge is -2.13. The van der Waals surface area contributed by atoms with Crippen molar-refractivity contribution in [3.63, 3.8) is 0 Å². The SMILES string of the molecule is CCNC(=NCc1ncc(C)s1)NCCOc1cccc2ccccc12. The molecule has 0 fully saturated rings. The lowest BCUT2D eigenvalue weighted by molar-refractivity contribution is 0.325. The van der Waals surface area contributed by atoms with Crippen molar-refractivity contribution in [3.8, 4) is 5.75 Å². The molecule has 0 saturated carbocycles. The second-order valence-corrected chi connectivity index (χ2v) is 7.13. The molecule has 0 radical (unpaired) electrons. The maximum atomic E-state index is 5.96. The van der Waals surface area contributed by atoms with Gasteiger partial charge in [-0.1, -0.05) is 36.4 Å². The van der Waals surface area contributed by atoms with Gasteiger partial charge in [0.05, 0.1) is 13.1 Å². The molecule has 3 aromatic rings. The molecular weight excluding hydrogens is 344 g/mol. The molecular formula is C20H24N4OS. The first-order valence-corrected chi connectivity index (χ1v) is 9.62. The summed E-state index contributed by atoms with van der Waals surface area (Å²) in [5.74, 6) is 1.69. The molecule has 0 aliphatic carbocycles. The number of aliphatic imine (C=N–C) groups is 1. The number of nitrogens with one attached hydrogen (secondary N) is 2. The van der Waals surface area contributed by atoms with Crippen molar-refractivity contribution < 1.29 is 4.74 Å². The van der Waals surface area contributed by atoms with Gasteiger partial charge in [0.2, 0.25) is 0 Å². The molecule has 5 nitrogen and oxygen atoms in total. The Labute approximate surface area is 158 Å². The largest absolute Gasteiger partial charge is 0.491 e. The highest BCUT2D eigenvalue weighted by Crippen LogP contribution is 2.24. The summed E-state index contributed by atoms with van der Waals surface area (Å²) in [6.07, 6.45) is 1.88. The fourth-order valence-electron chi connectivity index (χ4n) is 2.61. The van der Waals surface area contributed by atoms with Crippen LogP contribution in [0.25, 0.3) is 10.8 Å². The average Bonchev–Trinajstić information content (AvgIpc) is 3.08. The monoisotopic (exact) mass is 368 g/mol. The maximum absolute atomic E-state index is 5.96. The maximum Gasteiger partial charge on any atom is 0.191 e. The van der Waals surface area contributed by atoms with Crippen molar-refractivity contribution in [2.45, 2.75) is 20.4 Å². The van der Waals surface area contributed by atoms with Gasteiger partial charge in [-0.2, -0.15) is 0 Å². The number of rotatable bonds is 7. The minimum absolute atomic E-state index is 0.564. The van der Waals surface area contributed by atoms with Crippen LogP contribution in [-0.4, -0.2) is 30.6 Å². The number of aromatic nitrogens is 1. The van der Waals surface area contributed by atoms with Gasteiger partial charge in [-0.05, 0) is 25.3 Å². The minimum Gasteiger partial charge on any atom is -0.491 e. The number of benzene rings is 2. The van der Waals surface area contributed by atoms with E-state index in [2.05, 4.69) is 52.7 Å². The molecule has 2 N–H and O–H groups in total. The van der Waals surface area contributed by atoms with Crippen LogP contribution in [0.3, 0.4) is 0 Å². The molecule has 0 aliphatic rings. The summed E-state index contributed by atoms with van der Waals surface area (Å²) in [6, 6.07) is 14.4. The van der Waals surface area contributed by atoms with Gasteiger partial charge in [-0.25, -0.2) is 9.98 Å². The van der Waals surface area contributed by atoms with Crippen LogP contribution in [0.15, 0.2) is 53.7 Å². The molecule has 1 aromatic heterocycles. The van der Waals surface area contributed by atoms with E-state index < -0.39 is 0 Å². The van der Waals surface area contributed by atoms with E-state index in [0.717, 1.165) is 28.6 Å². The normalized spacial score (nSPS) is 11.5. The summed E-state index contributed by atoms with van der Waals surface area (Å²) in [6.45, 7) is 6.74. The van der Waals surface area contributed by atoms with E-state index in [0.29, 0.717) is 19.7 Å². The quantitative estimate of drug-likeness (QED) is 0.379. The topological polar surface area (TPSA) is 58.5 Å². The smallest absolute Gasteiger partial charge is 0.191 e. The van der Waals surface area contributed by atoms with E-state index >= 15 is 0 Å². The van der Waals surface area contributed by atoms with E-state index in [1.165, 1.54) is 10.3 Å². The van der Waals surface area contributed by atoms with Crippen LogP contribution in [0.2, 0.25) is 0 Å². The summed E-state index contributed by atoms with van der Waals surface area (Å²) >= 11 is 1.68. The lowest BCUT2D eigenvalue weighted by Crippen LogP contribution is -2.39. The number of ether oxygens (including phenoxy) is 1. The van der Waals surface area contributed by atoms with Crippen LogP contribution in [0.5, 0.6) is 5.75 Å². The fourth-order valence-corrected chi connectivity index (χ4v) is 3.33. The van der Waals surface area contributed by atoms with Crippen LogP contribution >= 0.6 is 11.3 Å². The Morgan fingerprint density at radius 1 is 1.15 bits per heavy atom. The van der Waals surface area contributed by atoms with Crippen molar-refractivity contribution in [2.75, 3.05) is 19.7 Å². The zero-order valence-corrected chi connectivity index (χ0v) is 16.0. The molecule has 136 valence electrons. The van der Waals surface area contributed by atoms with E-state index in [4.69, 9.17) is 4.74 Å². The fraction of sp³-hybridized carbons (Fsp3) is 0.300. The third-order valence-corrected chi connectivity index (χ3v) is 4.69. The van der Waals surface area contributed by atoms with Crippen molar-refractivity contribution in [1.82, 2.24) is 15.6 Å². The van der Waals surface area contributed by atoms with Gasteiger partial charge in [0.1, 0.15) is 17.4 Å². The predicted octanol–water partition coefficient (Wildman–Crippen LogP) is 3.74. The van der Waals surface area contributed by atoms with Crippen molar-refractivity contribution >= 4 is 28.1 Å². The number of hydrogen-bond donors (Lipinski definition) is 2. The van der Waals surface area contributed by atoms with Gasteiger partial charge in [0.25, 0.3) is 0 Å². The highest BCUT2D eigenvalue weighted by atomic mass is 32.1. The van der Waals surface area contributed by atoms with E-state index in [-0.39, 0.29) is 0 Å². The third kappa shape index (κ3) is 4.95. The van der Waals surface area contributed by atoms with Gasteiger partial charge in [0.15, 0.2) is 5.96 Å². The highest BCUT2D eigenvalue weighted by Gasteiger charge is 2.03. The molecule has 0 spiro atoms. The Morgan fingerprint density at radius 3 is 2.81 bits per heavy atom. The highest BCUT2D eigenvalue weighted by molar-refractivity contribution is 7.11. The minimum atomic E-state index is 0.564. The molecule has 0 bridgehead atoms. The number of aryl methyl sites for hydroxylation is 1. The van der Waals surface area contributed by atoms with E-state index in [1.54, 1.807) is 11.3 Å². The summed E-state index contributed by atoms with van der Waals surface area (Å²) in [5, 5.41) is 9.90. The van der Waals surface area contributed by atoms with Crippen LogP contribution in [0, 0.1) is 6.92 Å². The Morgan fingerprint density at radius 2 is 2.00 bits per heavy atom. The molecule has 0 unspecified atom stereocenters. The third-order valence-electron chi connectivity index (χ3n) is 3.79. The van der Waals surface area contributed by atoms with Gasteiger partial charge < -0.3 is 15.4 Å². The second-order valence-electron chi connectivity index (χ2n) is 5.81. The molecule has 0 aliphatic heterocycles. The molecule has 2 aromatic carbocycles. The number of fused-ring (bicyclic) bond motifs is 1. The molecule has 6 heteroatoms. The van der Waals surface area contributed by atoms with Gasteiger partial charge in [-0.15, -0.1) is 11.3 Å². The number of nitrogens with zero attached hydrogens (tertiary/aromatic N) is 2. The molecule has 26 heavy (non-hydrogen) atoms. The lowest BCUT2D eigenvalue weighted by atomic mass is 10.1. The molecule has 3 rings (SSSR count). The Kier molecular flexibility index (Phi) is 6.44. The Balaban J connectivity index is 1.53. The van der Waals surface area contributed by atoms with Crippen molar-refractivity contribution in [2.24, 2.45) is 4.99 Å². The first-order chi connectivity index (χ1) is 12.8. The second kappa shape index (κ2) is 9.20. The standard InChI is InChI=1S/C20H24N4OS/c1-3-21-20(24-14-19-23-13-15(2)26-19)22-11-12-25-18-10-6-8-16-7-4-5-9-17(16)18/h4-10,13H,3,11-12,14H2,1-2H3,(H2,21,22,24). The van der Waals surface area contributed by atoms with E-state index in [9.17, 15) is 0 Å². The zero-order chi connectivity index (χ0) is 18.2. The van der Waals surface area contributed by atoms with Crippen LogP contribution in [-0.2, 0) is 6.54 Å². The van der Waals surface area contributed by atoms with Crippen LogP contribution < -0.4 is 15.4 Å². The molecule has 1 heterocycles. The predicted molar refractivity (Wildman–Crippen MR) is 109 cm³/mol. The van der Waals surface area contributed by atoms with Gasteiger partial charge >= 0.3 is 0 Å². The van der Waals surface area contributed by atoms with Crippen molar-refractivity contribution in [1.29, 1.82) is 0 Å². The number of guanidine groups is 1. The first kappa shape index (κ1) is 18.2. The molecule has 0 atom stereocenters. The van der Waals surface area contributed by atoms with Crippen molar-refractivity contribution in [3.05, 3.63) is 58.5 Å². The van der Waals surface area contributed by atoms with Gasteiger partial charge in [-0.3, -0.25) is 0 Å². The number of hydrogen-bond acceptors (Lipinski definition) is 4. The summed E-state index contributed by atoms with van der Waals surface area (Å²) in [5.41, 5.74) is 0. The number of thiazole rings is 1. The summed E-state index contributed by atoms with van der Waals surface area (Å²) in [7, 11) is 0. The average molecular weight is 369 g/mol. The van der Waals surface area contributed by atoms with Crippen LogP contribution in [0.1, 0.15) is 16.8 Å². The van der Waals surface area contributed by atoms with Gasteiger partial charge in [0, 0.05) is 23.0 Å². The first-order valence-electron chi connectivity index (χ1n) is 8.80. The Hall–Kier alpha value is -2.60. The summed E-state index contributed by atoms with van der Waals surface area (Å²) in [4.78, 5) is 10.1. The zero-order valence-electron chi connectivity index (χ0n) is 15.2. The Bertz CT molecular complexity index is 870. The molecule has 0 amide bonds. The molecule has 0 saturated heterocycles. The summed E-state index contributed by atoms with van der Waals surface area (Å²) < 4.78 is 5.96. The van der Waals surface area contributed by atoms with E-state index in [1.807, 2.05) is 30.5 Å². The van der Waals surface area contributed by atoms with Crippen LogP contribution in [0.4, 0.5) is 0 Å².